The lowest BCUT2D eigenvalue weighted by Crippen LogP contribution is -2.43. The zero-order chi connectivity index (χ0) is 13.9. The minimum atomic E-state index is 0.00436. The highest BCUT2D eigenvalue weighted by Crippen LogP contribution is 2.26. The summed E-state index contributed by atoms with van der Waals surface area (Å²) >= 11 is 0. The minimum Gasteiger partial charge on any atom is -0.351 e. The van der Waals surface area contributed by atoms with Gasteiger partial charge < -0.3 is 10.6 Å². The first-order chi connectivity index (χ1) is 9.04. The summed E-state index contributed by atoms with van der Waals surface area (Å²) in [4.78, 5) is 12.2. The van der Waals surface area contributed by atoms with Crippen molar-refractivity contribution in [2.24, 2.45) is 12.5 Å². The highest BCUT2D eigenvalue weighted by atomic mass is 16.1. The Morgan fingerprint density at radius 3 is 2.84 bits per heavy atom. The number of aryl methyl sites for hydroxylation is 2. The normalized spacial score (nSPS) is 18.3. The molecule has 0 spiro atoms. The zero-order valence-corrected chi connectivity index (χ0v) is 12.1. The van der Waals surface area contributed by atoms with Crippen LogP contribution in [0.2, 0.25) is 0 Å². The van der Waals surface area contributed by atoms with E-state index in [4.69, 9.17) is 0 Å². The first kappa shape index (κ1) is 14.1. The van der Waals surface area contributed by atoms with Gasteiger partial charge in [0.1, 0.15) is 0 Å². The van der Waals surface area contributed by atoms with Crippen LogP contribution in [0, 0.1) is 5.41 Å². The maximum Gasteiger partial charge on any atom is 0.254 e. The van der Waals surface area contributed by atoms with Gasteiger partial charge in [0.25, 0.3) is 5.91 Å². The quantitative estimate of drug-likeness (QED) is 0.856. The lowest BCUT2D eigenvalue weighted by Gasteiger charge is -2.34. The molecule has 1 aliphatic rings. The fourth-order valence-corrected chi connectivity index (χ4v) is 2.58. The van der Waals surface area contributed by atoms with Crippen molar-refractivity contribution < 1.29 is 4.79 Å². The van der Waals surface area contributed by atoms with Crippen LogP contribution in [0.1, 0.15) is 42.7 Å². The number of carbonyl (C=O) groups is 1. The molecule has 1 aromatic heterocycles. The van der Waals surface area contributed by atoms with Crippen LogP contribution in [-0.2, 0) is 13.5 Å². The Hall–Kier alpha value is -1.36. The van der Waals surface area contributed by atoms with Crippen molar-refractivity contribution >= 4 is 5.91 Å². The Bertz CT molecular complexity index is 446. The lowest BCUT2D eigenvalue weighted by molar-refractivity contribution is 0.0921. The fourth-order valence-electron chi connectivity index (χ4n) is 2.58. The van der Waals surface area contributed by atoms with Crippen molar-refractivity contribution in [3.05, 3.63) is 17.5 Å². The number of piperidine rings is 1. The first-order valence-electron chi connectivity index (χ1n) is 7.05. The summed E-state index contributed by atoms with van der Waals surface area (Å²) in [5.74, 6) is 0.00436. The predicted octanol–water partition coefficient (Wildman–Crippen LogP) is 1.10. The van der Waals surface area contributed by atoms with Crippen molar-refractivity contribution in [3.8, 4) is 0 Å². The Balaban J connectivity index is 1.97. The number of hydrogen-bond acceptors (Lipinski definition) is 3. The molecule has 0 unspecified atom stereocenters. The van der Waals surface area contributed by atoms with Crippen molar-refractivity contribution in [2.45, 2.75) is 33.1 Å². The summed E-state index contributed by atoms with van der Waals surface area (Å²) in [6, 6.07) is 0. The average molecular weight is 264 g/mol. The maximum absolute atomic E-state index is 12.2. The number of nitrogens with one attached hydrogen (secondary N) is 2. The van der Waals surface area contributed by atoms with Gasteiger partial charge in [-0.05, 0) is 37.8 Å². The van der Waals surface area contributed by atoms with Crippen LogP contribution in [0.25, 0.3) is 0 Å². The molecular formula is C14H24N4O. The molecule has 0 bridgehead atoms. The van der Waals surface area contributed by atoms with E-state index < -0.39 is 0 Å². The molecule has 5 nitrogen and oxygen atoms in total. The second kappa shape index (κ2) is 5.74. The molecule has 1 fully saturated rings. The van der Waals surface area contributed by atoms with E-state index in [1.54, 1.807) is 10.9 Å². The van der Waals surface area contributed by atoms with E-state index in [0.29, 0.717) is 5.56 Å². The summed E-state index contributed by atoms with van der Waals surface area (Å²) in [6.45, 7) is 7.09. The van der Waals surface area contributed by atoms with Gasteiger partial charge in [-0.2, -0.15) is 5.10 Å². The largest absolute Gasteiger partial charge is 0.351 e. The minimum absolute atomic E-state index is 0.00436. The standard InChI is InChI=1S/C14H24N4O/c1-4-12-11(9-18(3)17-12)13(19)16-10-14(2)5-7-15-8-6-14/h9,15H,4-8,10H2,1-3H3,(H,16,19). The number of rotatable bonds is 4. The molecule has 106 valence electrons. The Labute approximate surface area is 114 Å². The van der Waals surface area contributed by atoms with Crippen molar-refractivity contribution in [3.63, 3.8) is 0 Å². The number of aromatic nitrogens is 2. The highest BCUT2D eigenvalue weighted by Gasteiger charge is 2.27. The lowest BCUT2D eigenvalue weighted by atomic mass is 9.81. The monoisotopic (exact) mass is 264 g/mol. The summed E-state index contributed by atoms with van der Waals surface area (Å²) in [6.07, 6.45) is 4.81. The van der Waals surface area contributed by atoms with E-state index in [1.165, 1.54) is 0 Å². The molecule has 0 radical (unpaired) electrons. The van der Waals surface area contributed by atoms with Gasteiger partial charge >= 0.3 is 0 Å². The van der Waals surface area contributed by atoms with Gasteiger partial charge in [-0.15, -0.1) is 0 Å². The van der Waals surface area contributed by atoms with Crippen molar-refractivity contribution in [1.29, 1.82) is 0 Å². The molecule has 2 rings (SSSR count). The smallest absolute Gasteiger partial charge is 0.254 e. The number of nitrogens with zero attached hydrogens (tertiary/aromatic N) is 2. The van der Waals surface area contributed by atoms with E-state index in [1.807, 2.05) is 14.0 Å². The van der Waals surface area contributed by atoms with Crippen molar-refractivity contribution in [1.82, 2.24) is 20.4 Å². The Morgan fingerprint density at radius 2 is 2.21 bits per heavy atom. The van der Waals surface area contributed by atoms with Gasteiger partial charge in [0.05, 0.1) is 11.3 Å². The third kappa shape index (κ3) is 3.35. The SMILES string of the molecule is CCc1nn(C)cc1C(=O)NCC1(C)CCNCC1. The second-order valence-electron chi connectivity index (χ2n) is 5.76. The first-order valence-corrected chi connectivity index (χ1v) is 7.05. The molecule has 1 amide bonds. The highest BCUT2D eigenvalue weighted by molar-refractivity contribution is 5.95. The molecule has 0 aromatic carbocycles. The molecule has 0 aliphatic carbocycles. The zero-order valence-electron chi connectivity index (χ0n) is 12.1. The molecule has 1 aromatic rings. The molecule has 5 heteroatoms. The molecule has 19 heavy (non-hydrogen) atoms. The van der Waals surface area contributed by atoms with Crippen LogP contribution in [0.3, 0.4) is 0 Å². The van der Waals surface area contributed by atoms with Crippen LogP contribution in [0.15, 0.2) is 6.20 Å². The van der Waals surface area contributed by atoms with Crippen LogP contribution in [-0.4, -0.2) is 35.3 Å². The molecule has 2 heterocycles. The van der Waals surface area contributed by atoms with Gasteiger partial charge in [0.2, 0.25) is 0 Å². The predicted molar refractivity (Wildman–Crippen MR) is 75.1 cm³/mol. The Kier molecular flexibility index (Phi) is 4.24. The third-order valence-electron chi connectivity index (χ3n) is 3.97. The molecule has 0 atom stereocenters. The van der Waals surface area contributed by atoms with Gasteiger partial charge in [-0.25, -0.2) is 0 Å². The molecule has 1 saturated heterocycles. The van der Waals surface area contributed by atoms with Gasteiger partial charge in [0, 0.05) is 19.8 Å². The summed E-state index contributed by atoms with van der Waals surface area (Å²) in [5.41, 5.74) is 1.80. The summed E-state index contributed by atoms with van der Waals surface area (Å²) in [7, 11) is 1.85. The molecule has 1 aliphatic heterocycles. The number of amides is 1. The van der Waals surface area contributed by atoms with Crippen LogP contribution >= 0.6 is 0 Å². The number of hydrogen-bond donors (Lipinski definition) is 2. The van der Waals surface area contributed by atoms with E-state index >= 15 is 0 Å². The molecule has 2 N–H and O–H groups in total. The average Bonchev–Trinajstić information content (AvgIpc) is 2.78. The fraction of sp³-hybridized carbons (Fsp3) is 0.714. The molecule has 0 saturated carbocycles. The van der Waals surface area contributed by atoms with E-state index in [2.05, 4.69) is 22.7 Å². The maximum atomic E-state index is 12.2. The number of carbonyl (C=O) groups excluding carboxylic acids is 1. The van der Waals surface area contributed by atoms with Gasteiger partial charge in [0.15, 0.2) is 0 Å². The third-order valence-corrected chi connectivity index (χ3v) is 3.97. The van der Waals surface area contributed by atoms with Crippen LogP contribution < -0.4 is 10.6 Å². The van der Waals surface area contributed by atoms with E-state index in [0.717, 1.165) is 44.6 Å². The summed E-state index contributed by atoms with van der Waals surface area (Å²) < 4.78 is 1.71. The van der Waals surface area contributed by atoms with E-state index in [9.17, 15) is 4.79 Å². The second-order valence-corrected chi connectivity index (χ2v) is 5.76. The summed E-state index contributed by atoms with van der Waals surface area (Å²) in [5, 5.41) is 10.7. The van der Waals surface area contributed by atoms with E-state index in [-0.39, 0.29) is 11.3 Å². The topological polar surface area (TPSA) is 59.0 Å². The Morgan fingerprint density at radius 1 is 1.53 bits per heavy atom. The van der Waals surface area contributed by atoms with Gasteiger partial charge in [-0.3, -0.25) is 9.48 Å². The van der Waals surface area contributed by atoms with Crippen LogP contribution in [0.4, 0.5) is 0 Å². The molecular weight excluding hydrogens is 240 g/mol. The van der Waals surface area contributed by atoms with Crippen LogP contribution in [0.5, 0.6) is 0 Å². The van der Waals surface area contributed by atoms with Crippen molar-refractivity contribution in [2.75, 3.05) is 19.6 Å². The van der Waals surface area contributed by atoms with Gasteiger partial charge in [-0.1, -0.05) is 13.8 Å².